The molecular weight excluding hydrogens is 429 g/mol. The van der Waals surface area contributed by atoms with Crippen LogP contribution >= 0.6 is 23.2 Å². The first-order valence-electron chi connectivity index (χ1n) is 9.70. The van der Waals surface area contributed by atoms with Crippen molar-refractivity contribution in [1.82, 2.24) is 9.78 Å². The van der Waals surface area contributed by atoms with Crippen molar-refractivity contribution in [1.29, 1.82) is 0 Å². The molecule has 0 saturated heterocycles. The summed E-state index contributed by atoms with van der Waals surface area (Å²) in [5.41, 5.74) is 3.10. The van der Waals surface area contributed by atoms with E-state index in [1.54, 1.807) is 35.1 Å². The Morgan fingerprint density at radius 2 is 1.52 bits per heavy atom. The van der Waals surface area contributed by atoms with Gasteiger partial charge in [-0.3, -0.25) is 9.48 Å². The van der Waals surface area contributed by atoms with Crippen LogP contribution in [-0.4, -0.2) is 15.7 Å². The summed E-state index contributed by atoms with van der Waals surface area (Å²) < 4.78 is 1.69. The summed E-state index contributed by atoms with van der Waals surface area (Å²) >= 11 is 12.5. The summed E-state index contributed by atoms with van der Waals surface area (Å²) in [7, 11) is 0. The molecule has 4 nitrogen and oxygen atoms in total. The summed E-state index contributed by atoms with van der Waals surface area (Å²) in [6.07, 6.45) is 3.64. The van der Waals surface area contributed by atoms with Crippen LogP contribution in [0.25, 0.3) is 11.6 Å². The Labute approximate surface area is 190 Å². The minimum atomic E-state index is -0.240. The molecule has 0 saturated carbocycles. The van der Waals surface area contributed by atoms with Crippen LogP contribution in [-0.2, 0) is 11.3 Å². The minimum Gasteiger partial charge on any atom is -0.305 e. The van der Waals surface area contributed by atoms with Gasteiger partial charge in [-0.1, -0.05) is 89.9 Å². The van der Waals surface area contributed by atoms with E-state index in [1.807, 2.05) is 66.7 Å². The molecule has 0 aliphatic heterocycles. The molecule has 1 aromatic heterocycles. The van der Waals surface area contributed by atoms with E-state index in [0.29, 0.717) is 28.0 Å². The molecule has 31 heavy (non-hydrogen) atoms. The first-order valence-corrected chi connectivity index (χ1v) is 10.5. The maximum atomic E-state index is 13.1. The minimum absolute atomic E-state index is 0.240. The van der Waals surface area contributed by atoms with E-state index >= 15 is 0 Å². The van der Waals surface area contributed by atoms with Gasteiger partial charge in [0, 0.05) is 33.4 Å². The Kier molecular flexibility index (Phi) is 6.51. The Balaban J connectivity index is 1.56. The van der Waals surface area contributed by atoms with E-state index in [-0.39, 0.29) is 5.91 Å². The smallest absolute Gasteiger partial charge is 0.257 e. The van der Waals surface area contributed by atoms with Crippen molar-refractivity contribution in [2.24, 2.45) is 0 Å². The Morgan fingerprint density at radius 1 is 0.871 bits per heavy atom. The summed E-state index contributed by atoms with van der Waals surface area (Å²) in [5.74, 6) is 0.208. The SMILES string of the molecule is O=C(Nc1ccn(Cc2c(Cl)cccc2Cl)n1)/C(=C\c1ccccc1)c1ccccc1. The normalized spacial score (nSPS) is 11.4. The molecule has 0 radical (unpaired) electrons. The lowest BCUT2D eigenvalue weighted by atomic mass is 10.0. The first-order chi connectivity index (χ1) is 15.1. The summed E-state index contributed by atoms with van der Waals surface area (Å²) in [6, 6.07) is 26.4. The maximum Gasteiger partial charge on any atom is 0.257 e. The largest absolute Gasteiger partial charge is 0.305 e. The number of hydrogen-bond acceptors (Lipinski definition) is 2. The van der Waals surface area contributed by atoms with E-state index in [0.717, 1.165) is 16.7 Å². The van der Waals surface area contributed by atoms with E-state index in [2.05, 4.69) is 10.4 Å². The molecule has 0 atom stereocenters. The average molecular weight is 448 g/mol. The molecule has 154 valence electrons. The molecule has 0 aliphatic rings. The Morgan fingerprint density at radius 3 is 2.19 bits per heavy atom. The van der Waals surface area contributed by atoms with Crippen LogP contribution in [0.2, 0.25) is 10.0 Å². The molecule has 0 fully saturated rings. The van der Waals surface area contributed by atoms with Crippen molar-refractivity contribution in [3.63, 3.8) is 0 Å². The van der Waals surface area contributed by atoms with Gasteiger partial charge >= 0.3 is 0 Å². The maximum absolute atomic E-state index is 13.1. The standard InChI is InChI=1S/C25H19Cl2N3O/c26-22-12-7-13-23(27)21(22)17-30-15-14-24(29-30)28-25(31)20(19-10-5-2-6-11-19)16-18-8-3-1-4-9-18/h1-16H,17H2,(H,28,29,31)/b20-16-. The zero-order chi connectivity index (χ0) is 21.6. The van der Waals surface area contributed by atoms with Crippen molar-refractivity contribution < 1.29 is 4.79 Å². The molecule has 4 aromatic rings. The lowest BCUT2D eigenvalue weighted by Crippen LogP contribution is -2.14. The van der Waals surface area contributed by atoms with Gasteiger partial charge in [0.1, 0.15) is 0 Å². The summed E-state index contributed by atoms with van der Waals surface area (Å²) in [5, 5.41) is 8.49. The van der Waals surface area contributed by atoms with Crippen LogP contribution in [0.15, 0.2) is 91.1 Å². The molecule has 0 spiro atoms. The molecular formula is C25H19Cl2N3O. The number of halogens is 2. The predicted molar refractivity (Wildman–Crippen MR) is 127 cm³/mol. The number of carbonyl (C=O) groups excluding carboxylic acids is 1. The van der Waals surface area contributed by atoms with Crippen LogP contribution in [0.4, 0.5) is 5.82 Å². The van der Waals surface area contributed by atoms with Gasteiger partial charge in [-0.2, -0.15) is 5.10 Å². The summed E-state index contributed by atoms with van der Waals surface area (Å²) in [4.78, 5) is 13.1. The molecule has 3 aromatic carbocycles. The number of anilines is 1. The second kappa shape index (κ2) is 9.65. The van der Waals surface area contributed by atoms with Crippen molar-refractivity contribution in [2.45, 2.75) is 6.54 Å². The second-order valence-corrected chi connectivity index (χ2v) is 7.70. The number of nitrogens with zero attached hydrogens (tertiary/aromatic N) is 2. The second-order valence-electron chi connectivity index (χ2n) is 6.89. The van der Waals surface area contributed by atoms with Crippen LogP contribution in [0.3, 0.4) is 0 Å². The van der Waals surface area contributed by atoms with Crippen molar-refractivity contribution in [3.05, 3.63) is 118 Å². The van der Waals surface area contributed by atoms with Gasteiger partial charge < -0.3 is 5.32 Å². The fourth-order valence-corrected chi connectivity index (χ4v) is 3.68. The predicted octanol–water partition coefficient (Wildman–Crippen LogP) is 6.42. The van der Waals surface area contributed by atoms with Crippen molar-refractivity contribution in [3.8, 4) is 0 Å². The lowest BCUT2D eigenvalue weighted by Gasteiger charge is -2.09. The zero-order valence-electron chi connectivity index (χ0n) is 16.5. The first kappa shape index (κ1) is 20.9. The third-order valence-corrected chi connectivity index (χ3v) is 5.41. The van der Waals surface area contributed by atoms with Gasteiger partial charge in [0.05, 0.1) is 6.54 Å². The van der Waals surface area contributed by atoms with Gasteiger partial charge in [-0.25, -0.2) is 0 Å². The van der Waals surface area contributed by atoms with Crippen LogP contribution in [0, 0.1) is 0 Å². The number of hydrogen-bond donors (Lipinski definition) is 1. The highest BCUT2D eigenvalue weighted by atomic mass is 35.5. The molecule has 0 unspecified atom stereocenters. The molecule has 0 aliphatic carbocycles. The van der Waals surface area contributed by atoms with Crippen LogP contribution in [0.5, 0.6) is 0 Å². The molecule has 6 heteroatoms. The molecule has 1 amide bonds. The van der Waals surface area contributed by atoms with Gasteiger partial charge in [-0.15, -0.1) is 0 Å². The van der Waals surface area contributed by atoms with Gasteiger partial charge in [0.2, 0.25) is 0 Å². The number of benzene rings is 3. The zero-order valence-corrected chi connectivity index (χ0v) is 18.0. The average Bonchev–Trinajstić information content (AvgIpc) is 3.23. The Bertz CT molecular complexity index is 1200. The topological polar surface area (TPSA) is 46.9 Å². The number of aromatic nitrogens is 2. The van der Waals surface area contributed by atoms with Gasteiger partial charge in [-0.05, 0) is 29.3 Å². The van der Waals surface area contributed by atoms with Crippen molar-refractivity contribution >= 4 is 46.6 Å². The number of nitrogens with one attached hydrogen (secondary N) is 1. The summed E-state index contributed by atoms with van der Waals surface area (Å²) in [6.45, 7) is 0.403. The highest BCUT2D eigenvalue weighted by molar-refractivity contribution is 6.36. The Hall–Kier alpha value is -3.34. The number of amides is 1. The third-order valence-electron chi connectivity index (χ3n) is 4.70. The third kappa shape index (κ3) is 5.23. The van der Waals surface area contributed by atoms with E-state index in [9.17, 15) is 4.79 Å². The monoisotopic (exact) mass is 447 g/mol. The van der Waals surface area contributed by atoms with E-state index < -0.39 is 0 Å². The van der Waals surface area contributed by atoms with Gasteiger partial charge in [0.15, 0.2) is 5.82 Å². The van der Waals surface area contributed by atoms with Crippen LogP contribution in [0.1, 0.15) is 16.7 Å². The molecule has 4 rings (SSSR count). The molecule has 0 bridgehead atoms. The molecule has 1 heterocycles. The number of carbonyl (C=O) groups is 1. The van der Waals surface area contributed by atoms with Gasteiger partial charge in [0.25, 0.3) is 5.91 Å². The highest BCUT2D eigenvalue weighted by Crippen LogP contribution is 2.25. The fraction of sp³-hybridized carbons (Fsp3) is 0.0400. The molecule has 1 N–H and O–H groups in total. The number of rotatable bonds is 6. The fourth-order valence-electron chi connectivity index (χ4n) is 3.16. The quantitative estimate of drug-likeness (QED) is 0.273. The van der Waals surface area contributed by atoms with E-state index in [4.69, 9.17) is 23.2 Å². The lowest BCUT2D eigenvalue weighted by molar-refractivity contribution is -0.111. The van der Waals surface area contributed by atoms with E-state index in [1.165, 1.54) is 0 Å². The van der Waals surface area contributed by atoms with Crippen molar-refractivity contribution in [2.75, 3.05) is 5.32 Å². The van der Waals surface area contributed by atoms with Crippen LogP contribution < -0.4 is 5.32 Å². The highest BCUT2D eigenvalue weighted by Gasteiger charge is 2.14.